The van der Waals surface area contributed by atoms with E-state index in [1.54, 1.807) is 4.90 Å². The number of piperidine rings is 1. The molecule has 0 N–H and O–H groups in total. The number of carbonyl (C=O) groups is 2. The Labute approximate surface area is 190 Å². The highest BCUT2D eigenvalue weighted by Crippen LogP contribution is 2.22. The monoisotopic (exact) mass is 447 g/mol. The molecule has 1 aromatic rings. The molecule has 3 rings (SSSR count). The molecular formula is C24H34ClN3O3. The number of hydrogen-bond acceptors (Lipinski definition) is 4. The highest BCUT2D eigenvalue weighted by atomic mass is 35.5. The predicted octanol–water partition coefficient (Wildman–Crippen LogP) is 4.14. The summed E-state index contributed by atoms with van der Waals surface area (Å²) in [6.07, 6.45) is 5.98. The maximum absolute atomic E-state index is 12.7. The maximum Gasteiger partial charge on any atom is 0.410 e. The largest absolute Gasteiger partial charge is 0.444 e. The van der Waals surface area contributed by atoms with Crippen LogP contribution in [0.25, 0.3) is 6.08 Å². The number of allylic oxidation sites excluding steroid dienone is 1. The first-order chi connectivity index (χ1) is 14.7. The molecule has 1 aromatic carbocycles. The zero-order valence-corrected chi connectivity index (χ0v) is 19.6. The summed E-state index contributed by atoms with van der Waals surface area (Å²) in [6.45, 7) is 10.2. The van der Waals surface area contributed by atoms with E-state index >= 15 is 0 Å². The first-order valence-electron chi connectivity index (χ1n) is 11.1. The van der Waals surface area contributed by atoms with E-state index in [4.69, 9.17) is 16.3 Å². The lowest BCUT2D eigenvalue weighted by molar-refractivity contribution is -0.134. The van der Waals surface area contributed by atoms with Gasteiger partial charge < -0.3 is 14.5 Å². The molecule has 2 fully saturated rings. The van der Waals surface area contributed by atoms with Gasteiger partial charge in [0.15, 0.2) is 0 Å². The summed E-state index contributed by atoms with van der Waals surface area (Å²) in [5.41, 5.74) is 0.548. The molecule has 7 heteroatoms. The Balaban J connectivity index is 1.39. The average Bonchev–Trinajstić information content (AvgIpc) is 2.73. The lowest BCUT2D eigenvalue weighted by Gasteiger charge is -2.37. The van der Waals surface area contributed by atoms with Crippen molar-refractivity contribution in [3.63, 3.8) is 0 Å². The molecule has 2 heterocycles. The van der Waals surface area contributed by atoms with Crippen LogP contribution in [-0.4, -0.2) is 78.1 Å². The number of piperazine rings is 1. The minimum atomic E-state index is -0.487. The second kappa shape index (κ2) is 10.5. The van der Waals surface area contributed by atoms with Gasteiger partial charge in [0, 0.05) is 44.3 Å². The van der Waals surface area contributed by atoms with Gasteiger partial charge in [-0.1, -0.05) is 42.0 Å². The van der Waals surface area contributed by atoms with Crippen LogP contribution in [0.3, 0.4) is 0 Å². The van der Waals surface area contributed by atoms with E-state index in [2.05, 4.69) is 17.1 Å². The van der Waals surface area contributed by atoms with Crippen molar-refractivity contribution < 1.29 is 14.3 Å². The molecule has 6 nitrogen and oxygen atoms in total. The van der Waals surface area contributed by atoms with E-state index in [1.165, 1.54) is 0 Å². The molecule has 2 aliphatic rings. The second-order valence-corrected chi connectivity index (χ2v) is 9.75. The van der Waals surface area contributed by atoms with E-state index in [0.29, 0.717) is 38.6 Å². The number of carbonyl (C=O) groups excluding carboxylic acids is 2. The molecule has 0 unspecified atom stereocenters. The summed E-state index contributed by atoms with van der Waals surface area (Å²) < 4.78 is 5.43. The molecule has 170 valence electrons. The van der Waals surface area contributed by atoms with E-state index in [1.807, 2.05) is 49.9 Å². The number of halogens is 1. The number of benzene rings is 1. The standard InChI is InChI=1S/C24H34ClN3O3/c1-24(2,3)31-23(30)28-16-14-26(15-17-28)18-22(29)27-12-10-19(11-13-27)8-9-20-6-4-5-7-21(20)25/h4-9,19H,10-18H2,1-3H3/b9-8+. The summed E-state index contributed by atoms with van der Waals surface area (Å²) in [7, 11) is 0. The molecule has 0 radical (unpaired) electrons. The lowest BCUT2D eigenvalue weighted by atomic mass is 9.95. The molecule has 0 saturated carbocycles. The number of ether oxygens (including phenoxy) is 1. The highest BCUT2D eigenvalue weighted by Gasteiger charge is 2.28. The van der Waals surface area contributed by atoms with Crippen LogP contribution in [0.4, 0.5) is 4.79 Å². The van der Waals surface area contributed by atoms with E-state index in [0.717, 1.165) is 36.5 Å². The van der Waals surface area contributed by atoms with Crippen LogP contribution in [0.1, 0.15) is 39.2 Å². The Kier molecular flexibility index (Phi) is 8.00. The minimum absolute atomic E-state index is 0.180. The van der Waals surface area contributed by atoms with Crippen molar-refractivity contribution in [1.29, 1.82) is 0 Å². The molecule has 0 atom stereocenters. The van der Waals surface area contributed by atoms with Crippen LogP contribution in [0.15, 0.2) is 30.3 Å². The number of likely N-dealkylation sites (tertiary alicyclic amines) is 1. The molecule has 2 amide bonds. The quantitative estimate of drug-likeness (QED) is 0.695. The van der Waals surface area contributed by atoms with Gasteiger partial charge in [0.1, 0.15) is 5.60 Å². The van der Waals surface area contributed by atoms with Gasteiger partial charge in [-0.25, -0.2) is 4.79 Å². The normalized spacial score (nSPS) is 19.1. The third-order valence-corrected chi connectivity index (χ3v) is 6.07. The number of hydrogen-bond donors (Lipinski definition) is 0. The van der Waals surface area contributed by atoms with Gasteiger partial charge in [-0.3, -0.25) is 9.69 Å². The van der Waals surface area contributed by atoms with Crippen LogP contribution < -0.4 is 0 Å². The fourth-order valence-electron chi connectivity index (χ4n) is 3.90. The van der Waals surface area contributed by atoms with Gasteiger partial charge in [0.2, 0.25) is 5.91 Å². The van der Waals surface area contributed by atoms with Crippen molar-refractivity contribution >= 4 is 29.7 Å². The molecule has 0 bridgehead atoms. The third kappa shape index (κ3) is 7.25. The van der Waals surface area contributed by atoms with Crippen molar-refractivity contribution in [3.05, 3.63) is 40.9 Å². The molecular weight excluding hydrogens is 414 g/mol. The number of nitrogens with zero attached hydrogens (tertiary/aromatic N) is 3. The number of amides is 2. The molecule has 2 aliphatic heterocycles. The Morgan fingerprint density at radius 2 is 1.68 bits per heavy atom. The zero-order valence-electron chi connectivity index (χ0n) is 18.8. The van der Waals surface area contributed by atoms with Gasteiger partial charge in [-0.05, 0) is 51.2 Å². The number of rotatable bonds is 4. The third-order valence-electron chi connectivity index (χ3n) is 5.73. The topological polar surface area (TPSA) is 53.1 Å². The summed E-state index contributed by atoms with van der Waals surface area (Å²) in [4.78, 5) is 30.8. The van der Waals surface area contributed by atoms with Gasteiger partial charge in [-0.2, -0.15) is 0 Å². The molecule has 2 saturated heterocycles. The van der Waals surface area contributed by atoms with Crippen molar-refractivity contribution in [3.8, 4) is 0 Å². The molecule has 0 aromatic heterocycles. The first kappa shape index (κ1) is 23.6. The molecule has 31 heavy (non-hydrogen) atoms. The van der Waals surface area contributed by atoms with E-state index in [-0.39, 0.29) is 12.0 Å². The zero-order chi connectivity index (χ0) is 22.4. The van der Waals surface area contributed by atoms with Gasteiger partial charge in [0.25, 0.3) is 0 Å². The lowest BCUT2D eigenvalue weighted by Crippen LogP contribution is -2.53. The Hall–Kier alpha value is -2.05. The SMILES string of the molecule is CC(C)(C)OC(=O)N1CCN(CC(=O)N2CCC(/C=C/c3ccccc3Cl)CC2)CC1. The fraction of sp³-hybridized carbons (Fsp3) is 0.583. The van der Waals surface area contributed by atoms with Crippen LogP contribution in [0.5, 0.6) is 0 Å². The smallest absolute Gasteiger partial charge is 0.410 e. The van der Waals surface area contributed by atoms with Crippen molar-refractivity contribution in [1.82, 2.24) is 14.7 Å². The van der Waals surface area contributed by atoms with Crippen molar-refractivity contribution in [2.75, 3.05) is 45.8 Å². The Morgan fingerprint density at radius 3 is 2.29 bits per heavy atom. The van der Waals surface area contributed by atoms with E-state index < -0.39 is 5.60 Å². The second-order valence-electron chi connectivity index (χ2n) is 9.34. The van der Waals surface area contributed by atoms with Crippen LogP contribution in [-0.2, 0) is 9.53 Å². The fourth-order valence-corrected chi connectivity index (χ4v) is 4.10. The molecule has 0 spiro atoms. The van der Waals surface area contributed by atoms with Crippen LogP contribution >= 0.6 is 11.6 Å². The Morgan fingerprint density at radius 1 is 1.03 bits per heavy atom. The summed E-state index contributed by atoms with van der Waals surface area (Å²) >= 11 is 6.22. The Bertz CT molecular complexity index is 790. The summed E-state index contributed by atoms with van der Waals surface area (Å²) in [5.74, 6) is 0.650. The van der Waals surface area contributed by atoms with Crippen molar-refractivity contribution in [2.45, 2.75) is 39.2 Å². The van der Waals surface area contributed by atoms with Gasteiger partial charge in [0.05, 0.1) is 6.54 Å². The van der Waals surface area contributed by atoms with E-state index in [9.17, 15) is 9.59 Å². The van der Waals surface area contributed by atoms with Crippen LogP contribution in [0, 0.1) is 5.92 Å². The average molecular weight is 448 g/mol. The first-order valence-corrected chi connectivity index (χ1v) is 11.5. The summed E-state index contributed by atoms with van der Waals surface area (Å²) in [5, 5.41) is 0.762. The predicted molar refractivity (Wildman–Crippen MR) is 124 cm³/mol. The van der Waals surface area contributed by atoms with Gasteiger partial charge in [-0.15, -0.1) is 0 Å². The maximum atomic E-state index is 12.7. The van der Waals surface area contributed by atoms with Crippen LogP contribution in [0.2, 0.25) is 5.02 Å². The van der Waals surface area contributed by atoms with Gasteiger partial charge >= 0.3 is 6.09 Å². The van der Waals surface area contributed by atoms with Crippen molar-refractivity contribution in [2.24, 2.45) is 5.92 Å². The molecule has 0 aliphatic carbocycles. The highest BCUT2D eigenvalue weighted by molar-refractivity contribution is 6.32. The minimum Gasteiger partial charge on any atom is -0.444 e. The summed E-state index contributed by atoms with van der Waals surface area (Å²) in [6, 6.07) is 7.83.